The monoisotopic (exact) mass is 411 g/mol. The fourth-order valence-corrected chi connectivity index (χ4v) is 2.91. The molecular formula is C23H29N3O4. The predicted molar refractivity (Wildman–Crippen MR) is 117 cm³/mol. The third-order valence-corrected chi connectivity index (χ3v) is 4.73. The second-order valence-electron chi connectivity index (χ2n) is 8.10. The summed E-state index contributed by atoms with van der Waals surface area (Å²) in [4.78, 5) is 21.8. The molecule has 0 aromatic heterocycles. The molecule has 2 aromatic rings. The van der Waals surface area contributed by atoms with Gasteiger partial charge in [0, 0.05) is 0 Å². The number of nitrogens with two attached hydrogens (primary N) is 1. The van der Waals surface area contributed by atoms with E-state index in [1.165, 1.54) is 22.9 Å². The summed E-state index contributed by atoms with van der Waals surface area (Å²) in [6.45, 7) is 11.2. The highest BCUT2D eigenvalue weighted by atomic mass is 16.5. The first-order valence-corrected chi connectivity index (χ1v) is 9.57. The SMILES string of the molecule is COc1cc(/C=N\NC(=O)C(N)=O)ccc1OCc1c(C)cc(C(C)(C)C)cc1C. The molecule has 0 fully saturated rings. The quantitative estimate of drug-likeness (QED) is 0.433. The number of methoxy groups -OCH3 is 1. The number of carbonyl (C=O) groups excluding carboxylic acids is 2. The average Bonchev–Trinajstić information content (AvgIpc) is 2.66. The van der Waals surface area contributed by atoms with Crippen LogP contribution in [0.5, 0.6) is 11.5 Å². The lowest BCUT2D eigenvalue weighted by Gasteiger charge is -2.22. The van der Waals surface area contributed by atoms with Crippen LogP contribution in [0.4, 0.5) is 0 Å². The van der Waals surface area contributed by atoms with Crippen molar-refractivity contribution in [3.63, 3.8) is 0 Å². The molecule has 7 nitrogen and oxygen atoms in total. The van der Waals surface area contributed by atoms with Gasteiger partial charge in [-0.1, -0.05) is 32.9 Å². The van der Waals surface area contributed by atoms with Crippen molar-refractivity contribution < 1.29 is 19.1 Å². The summed E-state index contributed by atoms with van der Waals surface area (Å²) < 4.78 is 11.4. The van der Waals surface area contributed by atoms with Gasteiger partial charge in [-0.15, -0.1) is 0 Å². The Morgan fingerprint density at radius 1 is 1.10 bits per heavy atom. The van der Waals surface area contributed by atoms with Crippen LogP contribution in [-0.4, -0.2) is 25.1 Å². The van der Waals surface area contributed by atoms with Gasteiger partial charge in [0.2, 0.25) is 0 Å². The lowest BCUT2D eigenvalue weighted by molar-refractivity contribution is -0.137. The lowest BCUT2D eigenvalue weighted by Crippen LogP contribution is -2.32. The van der Waals surface area contributed by atoms with Gasteiger partial charge >= 0.3 is 11.8 Å². The second kappa shape index (κ2) is 9.43. The van der Waals surface area contributed by atoms with Gasteiger partial charge in [0.25, 0.3) is 0 Å². The number of amides is 2. The summed E-state index contributed by atoms with van der Waals surface area (Å²) in [5, 5.41) is 3.69. The molecule has 0 bridgehead atoms. The Morgan fingerprint density at radius 3 is 2.27 bits per heavy atom. The molecule has 0 radical (unpaired) electrons. The van der Waals surface area contributed by atoms with E-state index in [1.807, 2.05) is 5.43 Å². The maximum Gasteiger partial charge on any atom is 0.329 e. The molecule has 2 aromatic carbocycles. The van der Waals surface area contributed by atoms with Gasteiger partial charge < -0.3 is 15.2 Å². The number of aryl methyl sites for hydroxylation is 2. The summed E-state index contributed by atoms with van der Waals surface area (Å²) in [5.41, 5.74) is 12.5. The first kappa shape index (κ1) is 22.9. The third-order valence-electron chi connectivity index (χ3n) is 4.73. The van der Waals surface area contributed by atoms with Crippen LogP contribution in [0.15, 0.2) is 35.4 Å². The van der Waals surface area contributed by atoms with Gasteiger partial charge in [0.15, 0.2) is 11.5 Å². The summed E-state index contributed by atoms with van der Waals surface area (Å²) in [6, 6.07) is 9.67. The van der Waals surface area contributed by atoms with Crippen LogP contribution in [0.25, 0.3) is 0 Å². The fourth-order valence-electron chi connectivity index (χ4n) is 2.91. The molecule has 160 valence electrons. The number of hydrazone groups is 1. The molecule has 2 rings (SSSR count). The summed E-state index contributed by atoms with van der Waals surface area (Å²) >= 11 is 0. The number of nitrogens with one attached hydrogen (secondary N) is 1. The van der Waals surface area contributed by atoms with Crippen molar-refractivity contribution in [3.8, 4) is 11.5 Å². The molecule has 0 spiro atoms. The van der Waals surface area contributed by atoms with E-state index in [1.54, 1.807) is 25.3 Å². The van der Waals surface area contributed by atoms with E-state index in [0.717, 1.165) is 5.56 Å². The molecule has 3 N–H and O–H groups in total. The van der Waals surface area contributed by atoms with Crippen molar-refractivity contribution in [1.82, 2.24) is 5.43 Å². The van der Waals surface area contributed by atoms with E-state index < -0.39 is 11.8 Å². The molecule has 0 aliphatic carbocycles. The molecule has 30 heavy (non-hydrogen) atoms. The van der Waals surface area contributed by atoms with Gasteiger partial charge in [-0.05, 0) is 65.3 Å². The Bertz CT molecular complexity index is 952. The van der Waals surface area contributed by atoms with Crippen LogP contribution in [-0.2, 0) is 21.6 Å². The number of ether oxygens (including phenoxy) is 2. The van der Waals surface area contributed by atoms with Gasteiger partial charge in [-0.25, -0.2) is 5.43 Å². The number of rotatable bonds is 6. The molecule has 0 unspecified atom stereocenters. The highest BCUT2D eigenvalue weighted by Gasteiger charge is 2.17. The smallest absolute Gasteiger partial charge is 0.329 e. The van der Waals surface area contributed by atoms with Crippen molar-refractivity contribution in [2.75, 3.05) is 7.11 Å². The van der Waals surface area contributed by atoms with Crippen molar-refractivity contribution in [1.29, 1.82) is 0 Å². The molecule has 2 amide bonds. The topological polar surface area (TPSA) is 103 Å². The Hall–Kier alpha value is -3.35. The zero-order valence-corrected chi connectivity index (χ0v) is 18.3. The number of hydrogen-bond acceptors (Lipinski definition) is 5. The minimum Gasteiger partial charge on any atom is -0.493 e. The van der Waals surface area contributed by atoms with Crippen LogP contribution in [0.3, 0.4) is 0 Å². The molecule has 0 atom stereocenters. The van der Waals surface area contributed by atoms with E-state index >= 15 is 0 Å². The molecule has 7 heteroatoms. The number of hydrogen-bond donors (Lipinski definition) is 2. The Morgan fingerprint density at radius 2 is 1.73 bits per heavy atom. The van der Waals surface area contributed by atoms with E-state index in [2.05, 4.69) is 51.9 Å². The first-order chi connectivity index (χ1) is 14.0. The van der Waals surface area contributed by atoms with Crippen LogP contribution < -0.4 is 20.6 Å². The highest BCUT2D eigenvalue weighted by molar-refractivity contribution is 6.34. The molecule has 0 saturated heterocycles. The Kier molecular flexibility index (Phi) is 7.21. The zero-order valence-electron chi connectivity index (χ0n) is 18.3. The van der Waals surface area contributed by atoms with Crippen molar-refractivity contribution in [2.24, 2.45) is 10.8 Å². The van der Waals surface area contributed by atoms with Crippen LogP contribution in [0.2, 0.25) is 0 Å². The van der Waals surface area contributed by atoms with Crippen molar-refractivity contribution in [3.05, 3.63) is 58.1 Å². The number of primary amides is 1. The van der Waals surface area contributed by atoms with E-state index in [-0.39, 0.29) is 5.41 Å². The van der Waals surface area contributed by atoms with Gasteiger partial charge in [-0.2, -0.15) is 5.10 Å². The molecule has 0 heterocycles. The van der Waals surface area contributed by atoms with Crippen molar-refractivity contribution >= 4 is 18.0 Å². The molecular weight excluding hydrogens is 382 g/mol. The van der Waals surface area contributed by atoms with Gasteiger partial charge in [0.1, 0.15) is 6.61 Å². The van der Waals surface area contributed by atoms with Crippen LogP contribution in [0, 0.1) is 13.8 Å². The van der Waals surface area contributed by atoms with E-state index in [0.29, 0.717) is 23.7 Å². The normalized spacial score (nSPS) is 11.4. The second-order valence-corrected chi connectivity index (χ2v) is 8.10. The maximum absolute atomic E-state index is 11.1. The van der Waals surface area contributed by atoms with E-state index in [4.69, 9.17) is 15.2 Å². The van der Waals surface area contributed by atoms with Gasteiger partial charge in [-0.3, -0.25) is 9.59 Å². The lowest BCUT2D eigenvalue weighted by atomic mass is 9.84. The summed E-state index contributed by atoms with van der Waals surface area (Å²) in [6.07, 6.45) is 1.38. The Labute approximate surface area is 177 Å². The molecule has 0 aliphatic heterocycles. The van der Waals surface area contributed by atoms with Crippen LogP contribution in [0.1, 0.15) is 48.6 Å². The third kappa shape index (κ3) is 5.83. The van der Waals surface area contributed by atoms with Crippen LogP contribution >= 0.6 is 0 Å². The fraction of sp³-hybridized carbons (Fsp3) is 0.348. The number of benzene rings is 2. The molecule has 0 saturated carbocycles. The highest BCUT2D eigenvalue weighted by Crippen LogP contribution is 2.31. The zero-order chi connectivity index (χ0) is 22.5. The largest absolute Gasteiger partial charge is 0.493 e. The first-order valence-electron chi connectivity index (χ1n) is 9.57. The standard InChI is InChI=1S/C23H29N3O4/c1-14-9-17(23(3,4)5)10-15(2)18(14)13-30-19-8-7-16(11-20(19)29-6)12-25-26-22(28)21(24)27/h7-12H,13H2,1-6H3,(H2,24,27)(H,26,28)/b25-12-. The molecule has 0 aliphatic rings. The number of nitrogens with zero attached hydrogens (tertiary/aromatic N) is 1. The summed E-state index contributed by atoms with van der Waals surface area (Å²) in [7, 11) is 1.55. The van der Waals surface area contributed by atoms with Crippen molar-refractivity contribution in [2.45, 2.75) is 46.6 Å². The minimum atomic E-state index is -1.10. The van der Waals surface area contributed by atoms with Gasteiger partial charge in [0.05, 0.1) is 13.3 Å². The minimum absolute atomic E-state index is 0.0897. The Balaban J connectivity index is 2.15. The van der Waals surface area contributed by atoms with E-state index in [9.17, 15) is 9.59 Å². The average molecular weight is 412 g/mol. The maximum atomic E-state index is 11.1. The predicted octanol–water partition coefficient (Wildman–Crippen LogP) is 3.12. The summed E-state index contributed by atoms with van der Waals surface area (Å²) in [5.74, 6) is -0.965. The number of carbonyl (C=O) groups is 2.